The molecule has 0 bridgehead atoms. The van der Waals surface area contributed by atoms with Crippen LogP contribution in [0.1, 0.15) is 6.92 Å². The van der Waals surface area contributed by atoms with Gasteiger partial charge in [-0.15, -0.1) is 0 Å². The Hall–Kier alpha value is 0.0513. The summed E-state index contributed by atoms with van der Waals surface area (Å²) in [6.45, 7) is -2.50. The zero-order valence-electron chi connectivity index (χ0n) is 10.4. The zero-order valence-corrected chi connectivity index (χ0v) is 13.5. The average molecular weight is 281 g/mol. The Bertz CT molecular complexity index is 526. The van der Waals surface area contributed by atoms with Gasteiger partial charge in [0.1, 0.15) is 5.75 Å². The first-order valence-corrected chi connectivity index (χ1v) is 5.43. The van der Waals surface area contributed by atoms with E-state index in [9.17, 15) is 12.9 Å². The van der Waals surface area contributed by atoms with Crippen LogP contribution in [-0.2, 0) is 6.44 Å². The summed E-state index contributed by atoms with van der Waals surface area (Å²) in [5, 5.41) is 0.717. The molecule has 1 heterocycles. The van der Waals surface area contributed by atoms with Crippen LogP contribution >= 0.6 is 0 Å². The van der Waals surface area contributed by atoms with Crippen molar-refractivity contribution in [3.63, 3.8) is 0 Å². The maximum absolute atomic E-state index is 12.4. The summed E-state index contributed by atoms with van der Waals surface area (Å²) in [4.78, 5) is 0. The smallest absolute Gasteiger partial charge is 0.493 e. The predicted octanol–water partition coefficient (Wildman–Crippen LogP) is 0.431. The van der Waals surface area contributed by atoms with E-state index in [1.54, 1.807) is 24.3 Å². The summed E-state index contributed by atoms with van der Waals surface area (Å²) < 4.78 is 43.8. The Morgan fingerprint density at radius 1 is 1.22 bits per heavy atom. The van der Waals surface area contributed by atoms with Crippen LogP contribution < -0.4 is 56.1 Å². The van der Waals surface area contributed by atoms with Crippen molar-refractivity contribution in [2.24, 2.45) is 0 Å². The van der Waals surface area contributed by atoms with Crippen LogP contribution in [0.4, 0.5) is 12.9 Å². The normalized spacial score (nSPS) is 11.3. The monoisotopic (exact) mass is 281 g/mol. The van der Waals surface area contributed by atoms with Crippen molar-refractivity contribution < 1.29 is 69.1 Å². The molecule has 0 unspecified atom stereocenters. The molecule has 0 aliphatic carbocycles. The van der Waals surface area contributed by atoms with E-state index >= 15 is 0 Å². The molecule has 0 radical (unpaired) electrons. The molecule has 2 nitrogen and oxygen atoms in total. The molecular formula is C11H12BF3KNO. The molecule has 92 valence electrons. The van der Waals surface area contributed by atoms with Crippen molar-refractivity contribution in [1.82, 2.24) is 4.57 Å². The van der Waals surface area contributed by atoms with Gasteiger partial charge in [-0.1, -0.05) is 6.07 Å². The van der Waals surface area contributed by atoms with E-state index in [-0.39, 0.29) is 51.4 Å². The third-order valence-electron chi connectivity index (χ3n) is 2.48. The van der Waals surface area contributed by atoms with E-state index in [1.807, 2.05) is 6.92 Å². The molecule has 0 saturated heterocycles. The number of aromatic nitrogens is 1. The van der Waals surface area contributed by atoms with E-state index in [4.69, 9.17) is 4.74 Å². The van der Waals surface area contributed by atoms with Crippen LogP contribution in [0, 0.1) is 0 Å². The first-order valence-electron chi connectivity index (χ1n) is 5.43. The zero-order chi connectivity index (χ0) is 12.5. The van der Waals surface area contributed by atoms with Crippen LogP contribution in [0.5, 0.6) is 5.75 Å². The number of nitrogens with zero attached hydrogens (tertiary/aromatic N) is 1. The summed E-state index contributed by atoms with van der Waals surface area (Å²) in [5.74, 6) is 0.624. The molecule has 0 N–H and O–H groups in total. The molecule has 1 aromatic heterocycles. The molecular weight excluding hydrogens is 269 g/mol. The number of halogens is 3. The second kappa shape index (κ2) is 6.47. The second-order valence-electron chi connectivity index (χ2n) is 3.80. The fourth-order valence-electron chi connectivity index (χ4n) is 1.86. The van der Waals surface area contributed by atoms with Gasteiger partial charge in [0.15, 0.2) is 0 Å². The number of hydrogen-bond donors (Lipinski definition) is 0. The Morgan fingerprint density at radius 2 is 1.94 bits per heavy atom. The molecule has 1 aromatic carbocycles. The number of rotatable bonds is 4. The molecule has 2 aromatic rings. The summed E-state index contributed by atoms with van der Waals surface area (Å²) in [6, 6.07) is 6.78. The van der Waals surface area contributed by atoms with Gasteiger partial charge in [-0.3, -0.25) is 0 Å². The van der Waals surface area contributed by atoms with Crippen LogP contribution in [0.25, 0.3) is 10.9 Å². The van der Waals surface area contributed by atoms with Crippen LogP contribution in [0.15, 0.2) is 30.5 Å². The fourth-order valence-corrected chi connectivity index (χ4v) is 1.86. The van der Waals surface area contributed by atoms with E-state index in [1.165, 1.54) is 10.8 Å². The molecule has 18 heavy (non-hydrogen) atoms. The van der Waals surface area contributed by atoms with E-state index in [0.29, 0.717) is 17.9 Å². The Kier molecular flexibility index (Phi) is 5.79. The number of ether oxygens (including phenoxy) is 1. The third kappa shape index (κ3) is 3.77. The minimum atomic E-state index is -4.83. The second-order valence-corrected chi connectivity index (χ2v) is 3.80. The molecule has 0 saturated carbocycles. The molecule has 0 fully saturated rings. The minimum absolute atomic E-state index is 0. The maximum atomic E-state index is 12.4. The standard InChI is InChI=1S/C11H12BF3NO.K/c1-2-17-11-5-3-4-10-9(11)6-7-16(10)8-12(13,14)15;/h3-7H,2,8H2,1H3;/q-1;+1. The van der Waals surface area contributed by atoms with Crippen molar-refractivity contribution in [1.29, 1.82) is 0 Å². The summed E-state index contributed by atoms with van der Waals surface area (Å²) in [7, 11) is 0. The molecule has 0 aliphatic rings. The van der Waals surface area contributed by atoms with Crippen LogP contribution in [0.3, 0.4) is 0 Å². The van der Waals surface area contributed by atoms with Gasteiger partial charge in [-0.05, 0) is 31.6 Å². The van der Waals surface area contributed by atoms with E-state index in [0.717, 1.165) is 5.39 Å². The maximum Gasteiger partial charge on any atom is 1.00 e. The summed E-state index contributed by atoms with van der Waals surface area (Å²) >= 11 is 0. The minimum Gasteiger partial charge on any atom is -0.493 e. The van der Waals surface area contributed by atoms with Gasteiger partial charge >= 0.3 is 58.4 Å². The molecule has 7 heteroatoms. The van der Waals surface area contributed by atoms with E-state index < -0.39 is 13.4 Å². The predicted molar refractivity (Wildman–Crippen MR) is 62.2 cm³/mol. The van der Waals surface area contributed by atoms with Crippen molar-refractivity contribution in [3.05, 3.63) is 30.5 Å². The van der Waals surface area contributed by atoms with Gasteiger partial charge in [0, 0.05) is 17.1 Å². The van der Waals surface area contributed by atoms with E-state index in [2.05, 4.69) is 0 Å². The first kappa shape index (κ1) is 16.1. The third-order valence-corrected chi connectivity index (χ3v) is 2.48. The average Bonchev–Trinajstić information content (AvgIpc) is 2.61. The number of fused-ring (bicyclic) bond motifs is 1. The van der Waals surface area contributed by atoms with Crippen molar-refractivity contribution in [2.45, 2.75) is 13.4 Å². The van der Waals surface area contributed by atoms with Gasteiger partial charge in [0.2, 0.25) is 0 Å². The topological polar surface area (TPSA) is 14.2 Å². The van der Waals surface area contributed by atoms with Crippen molar-refractivity contribution >= 4 is 17.9 Å². The van der Waals surface area contributed by atoms with Gasteiger partial charge in [0.05, 0.1) is 6.61 Å². The number of hydrogen-bond acceptors (Lipinski definition) is 1. The Labute approximate surface area is 146 Å². The molecule has 0 aliphatic heterocycles. The quantitative estimate of drug-likeness (QED) is 0.741. The molecule has 0 amide bonds. The van der Waals surface area contributed by atoms with Gasteiger partial charge < -0.3 is 22.3 Å². The Balaban J connectivity index is 0.00000162. The van der Waals surface area contributed by atoms with Gasteiger partial charge in [-0.2, -0.15) is 0 Å². The van der Waals surface area contributed by atoms with Crippen molar-refractivity contribution in [3.8, 4) is 5.75 Å². The van der Waals surface area contributed by atoms with Crippen LogP contribution in [-0.4, -0.2) is 18.2 Å². The van der Waals surface area contributed by atoms with Crippen LogP contribution in [0.2, 0.25) is 0 Å². The summed E-state index contributed by atoms with van der Waals surface area (Å²) in [6.07, 6.45) is 0.529. The SMILES string of the molecule is CCOc1cccc2c1ccn2C[B-](F)(F)F.[K+]. The summed E-state index contributed by atoms with van der Waals surface area (Å²) in [5.41, 5.74) is 0.551. The fraction of sp³-hybridized carbons (Fsp3) is 0.273. The molecule has 2 rings (SSSR count). The van der Waals surface area contributed by atoms with Crippen molar-refractivity contribution in [2.75, 3.05) is 6.61 Å². The van der Waals surface area contributed by atoms with Gasteiger partial charge in [0.25, 0.3) is 0 Å². The Morgan fingerprint density at radius 3 is 2.56 bits per heavy atom. The van der Waals surface area contributed by atoms with Gasteiger partial charge in [-0.25, -0.2) is 0 Å². The first-order chi connectivity index (χ1) is 8.01. The largest absolute Gasteiger partial charge is 1.00 e. The molecule has 0 spiro atoms. The molecule has 0 atom stereocenters. The number of benzene rings is 1.